The Kier molecular flexibility index (Phi) is 2.89. The molecule has 0 amide bonds. The SMILES string of the molecule is NCOc1cnn(-c2cccc(Cl)c2)c1. The second kappa shape index (κ2) is 4.33. The zero-order valence-corrected chi connectivity index (χ0v) is 8.69. The minimum absolute atomic E-state index is 0.140. The minimum Gasteiger partial charge on any atom is -0.475 e. The molecule has 0 saturated heterocycles. The molecule has 78 valence electrons. The number of hydrogen-bond acceptors (Lipinski definition) is 3. The van der Waals surface area contributed by atoms with Crippen molar-refractivity contribution in [3.8, 4) is 11.4 Å². The number of nitrogens with zero attached hydrogens (tertiary/aromatic N) is 2. The van der Waals surface area contributed by atoms with Crippen LogP contribution in [0.2, 0.25) is 5.02 Å². The number of aromatic nitrogens is 2. The first kappa shape index (κ1) is 10.0. The number of nitrogens with two attached hydrogens (primary N) is 1. The van der Waals surface area contributed by atoms with Crippen LogP contribution in [-0.2, 0) is 0 Å². The molecule has 0 bridgehead atoms. The van der Waals surface area contributed by atoms with Gasteiger partial charge >= 0.3 is 0 Å². The zero-order valence-electron chi connectivity index (χ0n) is 7.93. The van der Waals surface area contributed by atoms with E-state index in [1.54, 1.807) is 17.1 Å². The van der Waals surface area contributed by atoms with Crippen molar-refractivity contribution in [2.24, 2.45) is 5.73 Å². The highest BCUT2D eigenvalue weighted by Gasteiger charge is 2.01. The molecule has 1 aromatic carbocycles. The first-order valence-corrected chi connectivity index (χ1v) is 4.81. The van der Waals surface area contributed by atoms with Crippen molar-refractivity contribution in [2.45, 2.75) is 0 Å². The summed E-state index contributed by atoms with van der Waals surface area (Å²) in [6, 6.07) is 7.40. The predicted molar refractivity (Wildman–Crippen MR) is 58.3 cm³/mol. The highest BCUT2D eigenvalue weighted by atomic mass is 35.5. The molecule has 2 N–H and O–H groups in total. The van der Waals surface area contributed by atoms with Gasteiger partial charge in [-0.1, -0.05) is 17.7 Å². The molecular weight excluding hydrogens is 214 g/mol. The molecule has 2 aromatic rings. The van der Waals surface area contributed by atoms with Crippen LogP contribution in [0.25, 0.3) is 5.69 Å². The summed E-state index contributed by atoms with van der Waals surface area (Å²) < 4.78 is 6.78. The maximum atomic E-state index is 5.87. The third-order valence-electron chi connectivity index (χ3n) is 1.88. The highest BCUT2D eigenvalue weighted by Crippen LogP contribution is 2.16. The lowest BCUT2D eigenvalue weighted by atomic mass is 10.3. The minimum atomic E-state index is 0.140. The van der Waals surface area contributed by atoms with E-state index in [0.717, 1.165) is 5.69 Å². The summed E-state index contributed by atoms with van der Waals surface area (Å²) in [5.74, 6) is 0.637. The first-order chi connectivity index (χ1) is 7.29. The predicted octanol–water partition coefficient (Wildman–Crippen LogP) is 1.82. The Labute approximate surface area is 92.2 Å². The Morgan fingerprint density at radius 1 is 1.47 bits per heavy atom. The fraction of sp³-hybridized carbons (Fsp3) is 0.100. The Balaban J connectivity index is 2.29. The molecule has 5 heteroatoms. The Hall–Kier alpha value is -1.52. The third-order valence-corrected chi connectivity index (χ3v) is 2.12. The maximum Gasteiger partial charge on any atom is 0.159 e. The maximum absolute atomic E-state index is 5.87. The molecule has 1 heterocycles. The van der Waals surface area contributed by atoms with E-state index in [2.05, 4.69) is 5.10 Å². The topological polar surface area (TPSA) is 53.1 Å². The molecule has 0 radical (unpaired) electrons. The Bertz CT molecular complexity index is 455. The zero-order chi connectivity index (χ0) is 10.7. The molecule has 15 heavy (non-hydrogen) atoms. The van der Waals surface area contributed by atoms with Crippen LogP contribution in [-0.4, -0.2) is 16.5 Å². The largest absolute Gasteiger partial charge is 0.475 e. The van der Waals surface area contributed by atoms with Crippen LogP contribution in [0.1, 0.15) is 0 Å². The molecule has 0 atom stereocenters. The van der Waals surface area contributed by atoms with Gasteiger partial charge in [0.1, 0.15) is 6.73 Å². The van der Waals surface area contributed by atoms with E-state index in [-0.39, 0.29) is 6.73 Å². The van der Waals surface area contributed by atoms with Crippen LogP contribution in [0.3, 0.4) is 0 Å². The molecule has 0 aliphatic heterocycles. The van der Waals surface area contributed by atoms with Gasteiger partial charge in [-0.25, -0.2) is 4.68 Å². The quantitative estimate of drug-likeness (QED) is 0.808. The number of ether oxygens (including phenoxy) is 1. The monoisotopic (exact) mass is 223 g/mol. The van der Waals surface area contributed by atoms with Crippen LogP contribution in [0.4, 0.5) is 0 Å². The third kappa shape index (κ3) is 2.29. The van der Waals surface area contributed by atoms with E-state index in [4.69, 9.17) is 22.1 Å². The van der Waals surface area contributed by atoms with Crippen LogP contribution in [0.5, 0.6) is 5.75 Å². The van der Waals surface area contributed by atoms with Gasteiger partial charge in [-0.3, -0.25) is 5.73 Å². The van der Waals surface area contributed by atoms with Gasteiger partial charge in [0.15, 0.2) is 5.75 Å². The van der Waals surface area contributed by atoms with Crippen molar-refractivity contribution in [1.29, 1.82) is 0 Å². The molecule has 0 spiro atoms. The molecule has 0 saturated carbocycles. The lowest BCUT2D eigenvalue weighted by molar-refractivity contribution is 0.329. The van der Waals surface area contributed by atoms with Crippen LogP contribution in [0, 0.1) is 0 Å². The molecular formula is C10H10ClN3O. The smallest absolute Gasteiger partial charge is 0.159 e. The van der Waals surface area contributed by atoms with Gasteiger partial charge in [0.25, 0.3) is 0 Å². The van der Waals surface area contributed by atoms with Gasteiger partial charge in [0, 0.05) is 5.02 Å². The Morgan fingerprint density at radius 3 is 3.07 bits per heavy atom. The van der Waals surface area contributed by atoms with Crippen molar-refractivity contribution in [3.05, 3.63) is 41.7 Å². The van der Waals surface area contributed by atoms with E-state index in [0.29, 0.717) is 10.8 Å². The fourth-order valence-electron chi connectivity index (χ4n) is 1.24. The molecule has 4 nitrogen and oxygen atoms in total. The summed E-state index contributed by atoms with van der Waals surface area (Å²) in [6.07, 6.45) is 3.35. The van der Waals surface area contributed by atoms with Crippen LogP contribution < -0.4 is 10.5 Å². The summed E-state index contributed by atoms with van der Waals surface area (Å²) in [7, 11) is 0. The second-order valence-corrected chi connectivity index (χ2v) is 3.35. The van der Waals surface area contributed by atoms with Gasteiger partial charge < -0.3 is 4.74 Å². The summed E-state index contributed by atoms with van der Waals surface area (Å²) in [4.78, 5) is 0. The van der Waals surface area contributed by atoms with Gasteiger partial charge in [0.2, 0.25) is 0 Å². The van der Waals surface area contributed by atoms with Crippen LogP contribution in [0.15, 0.2) is 36.7 Å². The first-order valence-electron chi connectivity index (χ1n) is 4.43. The molecule has 0 fully saturated rings. The fourth-order valence-corrected chi connectivity index (χ4v) is 1.42. The van der Waals surface area contributed by atoms with Crippen molar-refractivity contribution in [3.63, 3.8) is 0 Å². The van der Waals surface area contributed by atoms with Gasteiger partial charge in [-0.2, -0.15) is 5.10 Å². The number of rotatable bonds is 3. The standard InChI is InChI=1S/C10H10ClN3O/c11-8-2-1-3-9(4-8)14-6-10(5-13-14)15-7-12/h1-6H,7,12H2. The summed E-state index contributed by atoms with van der Waals surface area (Å²) in [5, 5.41) is 4.79. The average Bonchev–Trinajstić information content (AvgIpc) is 2.67. The van der Waals surface area contributed by atoms with Crippen LogP contribution >= 0.6 is 11.6 Å². The lowest BCUT2D eigenvalue weighted by Gasteiger charge is -2.00. The number of benzene rings is 1. The van der Waals surface area contributed by atoms with E-state index in [1.807, 2.05) is 24.3 Å². The van der Waals surface area contributed by atoms with Gasteiger partial charge in [0.05, 0.1) is 18.1 Å². The van der Waals surface area contributed by atoms with E-state index in [1.165, 1.54) is 0 Å². The number of halogens is 1. The number of hydrogen-bond donors (Lipinski definition) is 1. The highest BCUT2D eigenvalue weighted by molar-refractivity contribution is 6.30. The normalized spacial score (nSPS) is 10.3. The Morgan fingerprint density at radius 2 is 2.33 bits per heavy atom. The lowest BCUT2D eigenvalue weighted by Crippen LogP contribution is -2.06. The van der Waals surface area contributed by atoms with Crippen molar-refractivity contribution < 1.29 is 4.74 Å². The van der Waals surface area contributed by atoms with Crippen molar-refractivity contribution >= 4 is 11.6 Å². The molecule has 0 aliphatic rings. The molecule has 2 rings (SSSR count). The van der Waals surface area contributed by atoms with Crippen molar-refractivity contribution in [1.82, 2.24) is 9.78 Å². The summed E-state index contributed by atoms with van der Waals surface area (Å²) in [5.41, 5.74) is 6.14. The van der Waals surface area contributed by atoms with Gasteiger partial charge in [-0.15, -0.1) is 0 Å². The summed E-state index contributed by atoms with van der Waals surface area (Å²) >= 11 is 5.87. The molecule has 0 aliphatic carbocycles. The molecule has 1 aromatic heterocycles. The van der Waals surface area contributed by atoms with Gasteiger partial charge in [-0.05, 0) is 18.2 Å². The average molecular weight is 224 g/mol. The summed E-state index contributed by atoms with van der Waals surface area (Å²) in [6.45, 7) is 0.140. The molecule has 0 unspecified atom stereocenters. The second-order valence-electron chi connectivity index (χ2n) is 2.91. The van der Waals surface area contributed by atoms with E-state index in [9.17, 15) is 0 Å². The van der Waals surface area contributed by atoms with E-state index < -0.39 is 0 Å². The van der Waals surface area contributed by atoms with Crippen molar-refractivity contribution in [2.75, 3.05) is 6.73 Å². The van der Waals surface area contributed by atoms with E-state index >= 15 is 0 Å².